The maximum absolute atomic E-state index is 13.7. The third-order valence-electron chi connectivity index (χ3n) is 4.92. The largest absolute Gasteiger partial charge is 0.337 e. The Bertz CT molecular complexity index is 704. The molecule has 140 valence electrons. The molecule has 2 unspecified atom stereocenters. The van der Waals surface area contributed by atoms with E-state index < -0.39 is 0 Å². The highest BCUT2D eigenvalue weighted by molar-refractivity contribution is 5.85. The average molecular weight is 354 g/mol. The van der Waals surface area contributed by atoms with Crippen LogP contribution in [-0.2, 0) is 4.79 Å². The second kappa shape index (κ2) is 8.95. The Labute approximate surface area is 157 Å². The van der Waals surface area contributed by atoms with Crippen molar-refractivity contribution in [1.82, 2.24) is 9.88 Å². The molecule has 4 heteroatoms. The molecule has 0 bridgehead atoms. The number of aryl methyl sites for hydroxylation is 1. The fraction of sp³-hybridized carbons (Fsp3) is 0.455. The minimum absolute atomic E-state index is 0.0899. The first-order valence-corrected chi connectivity index (χ1v) is 9.36. The summed E-state index contributed by atoms with van der Waals surface area (Å²) in [5.74, 6) is -0.325. The summed E-state index contributed by atoms with van der Waals surface area (Å²) in [5.41, 5.74) is 9.42. The van der Waals surface area contributed by atoms with E-state index >= 15 is 0 Å². The zero-order valence-corrected chi connectivity index (χ0v) is 16.5. The first kappa shape index (κ1) is 20.1. The van der Waals surface area contributed by atoms with Crippen molar-refractivity contribution in [2.45, 2.75) is 58.5 Å². The highest BCUT2D eigenvalue weighted by Crippen LogP contribution is 2.36. The predicted octanol–water partition coefficient (Wildman–Crippen LogP) is 3.86. The van der Waals surface area contributed by atoms with Gasteiger partial charge in [0.05, 0.1) is 5.92 Å². The number of rotatable bonds is 7. The molecule has 4 nitrogen and oxygen atoms in total. The van der Waals surface area contributed by atoms with E-state index in [0.29, 0.717) is 6.54 Å². The fourth-order valence-electron chi connectivity index (χ4n) is 3.82. The van der Waals surface area contributed by atoms with Gasteiger partial charge in [-0.15, -0.1) is 0 Å². The Morgan fingerprint density at radius 3 is 2.23 bits per heavy atom. The van der Waals surface area contributed by atoms with Crippen molar-refractivity contribution in [1.29, 1.82) is 0 Å². The smallest absolute Gasteiger partial charge is 0.231 e. The van der Waals surface area contributed by atoms with Gasteiger partial charge < -0.3 is 10.6 Å². The zero-order valence-electron chi connectivity index (χ0n) is 16.5. The van der Waals surface area contributed by atoms with E-state index in [1.807, 2.05) is 29.2 Å². The molecule has 2 aromatic rings. The Hall–Kier alpha value is -2.20. The monoisotopic (exact) mass is 353 g/mol. The molecule has 0 spiro atoms. The van der Waals surface area contributed by atoms with Crippen LogP contribution in [0, 0.1) is 6.92 Å². The van der Waals surface area contributed by atoms with Gasteiger partial charge in [0.15, 0.2) is 0 Å². The Balaban J connectivity index is 2.57. The molecule has 1 amide bonds. The van der Waals surface area contributed by atoms with Gasteiger partial charge in [-0.3, -0.25) is 9.78 Å². The summed E-state index contributed by atoms with van der Waals surface area (Å²) in [6.07, 6.45) is 3.53. The molecule has 1 aromatic carbocycles. The van der Waals surface area contributed by atoms with E-state index in [2.05, 4.69) is 51.7 Å². The number of hydrogen-bond donors (Lipinski definition) is 1. The number of carbonyl (C=O) groups excluding carboxylic acids is 1. The number of benzene rings is 1. The van der Waals surface area contributed by atoms with Gasteiger partial charge in [0.1, 0.15) is 0 Å². The lowest BCUT2D eigenvalue weighted by molar-refractivity contribution is -0.137. The van der Waals surface area contributed by atoms with Crippen LogP contribution in [0.1, 0.15) is 56.2 Å². The van der Waals surface area contributed by atoms with Crippen molar-refractivity contribution in [3.8, 4) is 0 Å². The highest BCUT2D eigenvalue weighted by atomic mass is 16.2. The number of hydrogen-bond acceptors (Lipinski definition) is 3. The van der Waals surface area contributed by atoms with Gasteiger partial charge in [0.2, 0.25) is 5.91 Å². The van der Waals surface area contributed by atoms with Crippen LogP contribution < -0.4 is 5.73 Å². The molecule has 26 heavy (non-hydrogen) atoms. The second-order valence-electron chi connectivity index (χ2n) is 7.40. The van der Waals surface area contributed by atoms with Gasteiger partial charge in [0.25, 0.3) is 0 Å². The van der Waals surface area contributed by atoms with Crippen LogP contribution in [-0.4, -0.2) is 34.4 Å². The minimum Gasteiger partial charge on any atom is -0.337 e. The summed E-state index contributed by atoms with van der Waals surface area (Å²) in [5, 5.41) is 0. The quantitative estimate of drug-likeness (QED) is 0.822. The first-order valence-electron chi connectivity index (χ1n) is 9.36. The molecule has 0 radical (unpaired) electrons. The molecule has 2 rings (SSSR count). The maximum Gasteiger partial charge on any atom is 0.231 e. The molecule has 0 aliphatic rings. The van der Waals surface area contributed by atoms with E-state index in [-0.39, 0.29) is 29.8 Å². The normalized spacial score (nSPS) is 13.7. The first-order chi connectivity index (χ1) is 12.4. The lowest BCUT2D eigenvalue weighted by Crippen LogP contribution is -2.46. The molecule has 1 aromatic heterocycles. The molecule has 0 aliphatic carbocycles. The van der Waals surface area contributed by atoms with Gasteiger partial charge >= 0.3 is 0 Å². The summed E-state index contributed by atoms with van der Waals surface area (Å²) in [4.78, 5) is 19.9. The lowest BCUT2D eigenvalue weighted by atomic mass is 9.79. The summed E-state index contributed by atoms with van der Waals surface area (Å²) < 4.78 is 0. The van der Waals surface area contributed by atoms with Crippen LogP contribution in [0.25, 0.3) is 0 Å². The van der Waals surface area contributed by atoms with Crippen LogP contribution >= 0.6 is 0 Å². The molecule has 1 heterocycles. The van der Waals surface area contributed by atoms with Crippen molar-refractivity contribution in [2.24, 2.45) is 5.73 Å². The van der Waals surface area contributed by atoms with Gasteiger partial charge in [-0.25, -0.2) is 0 Å². The average Bonchev–Trinajstić information content (AvgIpc) is 2.60. The molecule has 0 aliphatic heterocycles. The molecule has 0 fully saturated rings. The lowest BCUT2D eigenvalue weighted by Gasteiger charge is -2.37. The highest BCUT2D eigenvalue weighted by Gasteiger charge is 2.36. The third kappa shape index (κ3) is 4.31. The van der Waals surface area contributed by atoms with E-state index in [1.54, 1.807) is 12.4 Å². The van der Waals surface area contributed by atoms with Crippen molar-refractivity contribution in [2.75, 3.05) is 6.54 Å². The van der Waals surface area contributed by atoms with E-state index in [4.69, 9.17) is 5.73 Å². The maximum atomic E-state index is 13.7. The fourth-order valence-corrected chi connectivity index (χ4v) is 3.82. The number of nitrogens with zero attached hydrogens (tertiary/aromatic N) is 2. The summed E-state index contributed by atoms with van der Waals surface area (Å²) in [7, 11) is 0. The van der Waals surface area contributed by atoms with Crippen LogP contribution in [0.4, 0.5) is 0 Å². The van der Waals surface area contributed by atoms with E-state index in [9.17, 15) is 4.79 Å². The molecule has 2 atom stereocenters. The second-order valence-corrected chi connectivity index (χ2v) is 7.40. The van der Waals surface area contributed by atoms with Crippen molar-refractivity contribution in [3.05, 3.63) is 65.5 Å². The van der Waals surface area contributed by atoms with Crippen LogP contribution in [0.5, 0.6) is 0 Å². The van der Waals surface area contributed by atoms with Gasteiger partial charge in [0, 0.05) is 36.9 Å². The number of aromatic nitrogens is 1. The zero-order chi connectivity index (χ0) is 19.3. The van der Waals surface area contributed by atoms with E-state index in [0.717, 1.165) is 16.7 Å². The van der Waals surface area contributed by atoms with Gasteiger partial charge in [-0.2, -0.15) is 0 Å². The number of amides is 1. The molecule has 0 saturated heterocycles. The topological polar surface area (TPSA) is 59.2 Å². The van der Waals surface area contributed by atoms with Gasteiger partial charge in [-0.1, -0.05) is 30.3 Å². The van der Waals surface area contributed by atoms with Crippen LogP contribution in [0.15, 0.2) is 48.8 Å². The Morgan fingerprint density at radius 1 is 1.08 bits per heavy atom. The summed E-state index contributed by atoms with van der Waals surface area (Å²) in [6, 6.07) is 12.3. The number of pyridine rings is 1. The minimum atomic E-state index is -0.348. The molecular weight excluding hydrogens is 322 g/mol. The van der Waals surface area contributed by atoms with Crippen LogP contribution in [0.3, 0.4) is 0 Å². The summed E-state index contributed by atoms with van der Waals surface area (Å²) >= 11 is 0. The summed E-state index contributed by atoms with van der Waals surface area (Å²) in [6.45, 7) is 10.7. The van der Waals surface area contributed by atoms with Crippen molar-refractivity contribution in [3.63, 3.8) is 0 Å². The predicted molar refractivity (Wildman–Crippen MR) is 107 cm³/mol. The SMILES string of the molecule is Cc1ccccc1C(CN)C(C(=O)N(C(C)C)C(C)C)c1cccnc1. The Morgan fingerprint density at radius 2 is 1.73 bits per heavy atom. The molecule has 0 saturated carbocycles. The number of carbonyl (C=O) groups is 1. The molecule has 2 N–H and O–H groups in total. The molecular formula is C22H31N3O. The third-order valence-corrected chi connectivity index (χ3v) is 4.92. The number of nitrogens with two attached hydrogens (primary N) is 1. The van der Waals surface area contributed by atoms with Crippen molar-refractivity contribution >= 4 is 5.91 Å². The van der Waals surface area contributed by atoms with Gasteiger partial charge in [-0.05, 0) is 57.4 Å². The Kier molecular flexibility index (Phi) is 6.92. The standard InChI is InChI=1S/C22H31N3O/c1-15(2)25(16(3)4)22(26)21(18-10-8-12-24-14-18)20(13-23)19-11-7-6-9-17(19)5/h6-12,14-16,20-21H,13,23H2,1-5H3. The van der Waals surface area contributed by atoms with Crippen molar-refractivity contribution < 1.29 is 4.79 Å². The van der Waals surface area contributed by atoms with Crippen LogP contribution in [0.2, 0.25) is 0 Å². The van der Waals surface area contributed by atoms with E-state index in [1.165, 1.54) is 0 Å².